The van der Waals surface area contributed by atoms with Gasteiger partial charge in [-0.15, -0.1) is 0 Å². The van der Waals surface area contributed by atoms with Gasteiger partial charge in [0.2, 0.25) is 0 Å². The molecule has 8 heteroatoms. The molecule has 1 aliphatic rings. The number of nitriles is 1. The van der Waals surface area contributed by atoms with Crippen molar-refractivity contribution in [3.8, 4) is 23.3 Å². The van der Waals surface area contributed by atoms with Gasteiger partial charge in [-0.3, -0.25) is 0 Å². The van der Waals surface area contributed by atoms with Gasteiger partial charge in [0.25, 0.3) is 0 Å². The van der Waals surface area contributed by atoms with Gasteiger partial charge < -0.3 is 19.5 Å². The Morgan fingerprint density at radius 2 is 1.55 bits per heavy atom. The molecule has 0 spiro atoms. The number of pyridine rings is 1. The molecule has 1 fully saturated rings. The summed E-state index contributed by atoms with van der Waals surface area (Å²) in [5, 5.41) is 11.7. The third-order valence-corrected chi connectivity index (χ3v) is 6.43. The minimum Gasteiger partial charge on any atom is -0.490 e. The van der Waals surface area contributed by atoms with Crippen LogP contribution in [0.5, 0.6) is 17.2 Å². The predicted molar refractivity (Wildman–Crippen MR) is 141 cm³/mol. The molecule has 198 valence electrons. The highest BCUT2D eigenvalue weighted by atomic mass is 19.1. The van der Waals surface area contributed by atoms with E-state index in [2.05, 4.69) is 36.3 Å². The van der Waals surface area contributed by atoms with Crippen LogP contribution in [0.2, 0.25) is 0 Å². The fourth-order valence-electron chi connectivity index (χ4n) is 4.20. The number of amides is 1. The molecule has 1 aromatic heterocycles. The molecule has 0 aliphatic heterocycles. The first-order valence-corrected chi connectivity index (χ1v) is 12.5. The van der Waals surface area contributed by atoms with Gasteiger partial charge in [-0.05, 0) is 56.2 Å². The molecule has 1 N–H and O–H groups in total. The number of benzene rings is 2. The van der Waals surface area contributed by atoms with Crippen LogP contribution < -0.4 is 14.8 Å². The predicted octanol–water partition coefficient (Wildman–Crippen LogP) is 6.65. The van der Waals surface area contributed by atoms with Gasteiger partial charge in [0.05, 0.1) is 6.20 Å². The Labute approximate surface area is 222 Å². The smallest absolute Gasteiger partial charge is 0.407 e. The minimum absolute atomic E-state index is 0.0566. The van der Waals surface area contributed by atoms with E-state index in [4.69, 9.17) is 19.5 Å². The number of hydrogen-bond donors (Lipinski definition) is 1. The van der Waals surface area contributed by atoms with E-state index in [1.165, 1.54) is 6.20 Å². The van der Waals surface area contributed by atoms with E-state index >= 15 is 0 Å². The molecule has 1 heterocycles. The normalized spacial score (nSPS) is 17.1. The number of rotatable bonds is 7. The van der Waals surface area contributed by atoms with E-state index in [-0.39, 0.29) is 29.0 Å². The van der Waals surface area contributed by atoms with Gasteiger partial charge in [0.15, 0.2) is 11.5 Å². The highest BCUT2D eigenvalue weighted by Crippen LogP contribution is 2.35. The first-order chi connectivity index (χ1) is 17.9. The Morgan fingerprint density at radius 1 is 0.974 bits per heavy atom. The van der Waals surface area contributed by atoms with Crippen LogP contribution in [-0.2, 0) is 10.2 Å². The van der Waals surface area contributed by atoms with Crippen molar-refractivity contribution >= 4 is 6.09 Å². The molecule has 4 rings (SSSR count). The average Bonchev–Trinajstić information content (AvgIpc) is 2.82. The lowest BCUT2D eigenvalue weighted by Gasteiger charge is -2.36. The van der Waals surface area contributed by atoms with Gasteiger partial charge in [0.1, 0.15) is 35.0 Å². The van der Waals surface area contributed by atoms with Crippen LogP contribution in [0.4, 0.5) is 9.18 Å². The molecular formula is C30H32FN3O4. The lowest BCUT2D eigenvalue weighted by Crippen LogP contribution is -2.50. The molecule has 1 amide bonds. The number of aromatic nitrogens is 1. The van der Waals surface area contributed by atoms with Crippen LogP contribution in [0, 0.1) is 17.1 Å². The highest BCUT2D eigenvalue weighted by molar-refractivity contribution is 5.68. The van der Waals surface area contributed by atoms with Gasteiger partial charge in [-0.2, -0.15) is 5.26 Å². The largest absolute Gasteiger partial charge is 0.490 e. The van der Waals surface area contributed by atoms with Crippen LogP contribution in [0.3, 0.4) is 0 Å². The van der Waals surface area contributed by atoms with Crippen LogP contribution in [-0.4, -0.2) is 28.8 Å². The summed E-state index contributed by atoms with van der Waals surface area (Å²) in [5.74, 6) is 0.837. The second-order valence-electron chi connectivity index (χ2n) is 10.9. The van der Waals surface area contributed by atoms with Crippen molar-refractivity contribution in [2.45, 2.75) is 70.6 Å². The molecule has 1 aliphatic carbocycles. The Bertz CT molecular complexity index is 1320. The molecule has 38 heavy (non-hydrogen) atoms. The van der Waals surface area contributed by atoms with E-state index < -0.39 is 17.5 Å². The van der Waals surface area contributed by atoms with Gasteiger partial charge in [0, 0.05) is 30.4 Å². The summed E-state index contributed by atoms with van der Waals surface area (Å²) in [6, 6.07) is 18.5. The summed E-state index contributed by atoms with van der Waals surface area (Å²) in [4.78, 5) is 15.7. The maximum Gasteiger partial charge on any atom is 0.407 e. The molecule has 7 nitrogen and oxygen atoms in total. The molecule has 1 saturated carbocycles. The van der Waals surface area contributed by atoms with E-state index in [9.17, 15) is 9.18 Å². The van der Waals surface area contributed by atoms with E-state index in [0.29, 0.717) is 5.75 Å². The molecule has 0 atom stereocenters. The fraction of sp³-hybridized carbons (Fsp3) is 0.367. The zero-order valence-electron chi connectivity index (χ0n) is 22.2. The highest BCUT2D eigenvalue weighted by Gasteiger charge is 2.33. The van der Waals surface area contributed by atoms with Crippen molar-refractivity contribution in [3.63, 3.8) is 0 Å². The average molecular weight is 518 g/mol. The molecule has 0 unspecified atom stereocenters. The molecule has 0 bridgehead atoms. The number of alkyl carbamates (subject to hydrolysis) is 1. The van der Waals surface area contributed by atoms with Crippen molar-refractivity contribution in [2.75, 3.05) is 0 Å². The number of carbonyl (C=O) groups is 1. The number of nitrogens with one attached hydrogen (secondary N) is 1. The van der Waals surface area contributed by atoms with Crippen molar-refractivity contribution in [2.24, 2.45) is 0 Å². The standard InChI is InChI=1S/C30H32FN3O4/c1-29(2,3)38-28(35)34-21-14-24(15-21)36-22-10-6-19(7-11-22)30(4,5)20-8-12-23(13-9-20)37-25-16-26(31)27(17-32)33-18-25/h6-13,16,18,21,24H,14-15H2,1-5H3,(H,34,35). The maximum atomic E-state index is 13.8. The first-order valence-electron chi connectivity index (χ1n) is 12.5. The van der Waals surface area contributed by atoms with Gasteiger partial charge >= 0.3 is 6.09 Å². The summed E-state index contributed by atoms with van der Waals surface area (Å²) < 4.78 is 30.9. The van der Waals surface area contributed by atoms with E-state index in [1.54, 1.807) is 6.07 Å². The third-order valence-electron chi connectivity index (χ3n) is 6.43. The Hall–Kier alpha value is -4.12. The number of ether oxygens (including phenoxy) is 3. The Morgan fingerprint density at radius 3 is 2.08 bits per heavy atom. The van der Waals surface area contributed by atoms with Crippen molar-refractivity contribution < 1.29 is 23.4 Å². The summed E-state index contributed by atoms with van der Waals surface area (Å²) >= 11 is 0. The van der Waals surface area contributed by atoms with Crippen molar-refractivity contribution in [3.05, 3.63) is 83.4 Å². The van der Waals surface area contributed by atoms with Crippen LogP contribution in [0.25, 0.3) is 0 Å². The summed E-state index contributed by atoms with van der Waals surface area (Å²) in [6.07, 6.45) is 2.47. The molecule has 0 saturated heterocycles. The quantitative estimate of drug-likeness (QED) is 0.377. The monoisotopic (exact) mass is 517 g/mol. The summed E-state index contributed by atoms with van der Waals surface area (Å²) in [5.41, 5.74) is 1.14. The second-order valence-corrected chi connectivity index (χ2v) is 10.9. The van der Waals surface area contributed by atoms with E-state index in [1.807, 2.05) is 57.2 Å². The first kappa shape index (κ1) is 26.9. The Kier molecular flexibility index (Phi) is 7.58. The molecule has 0 radical (unpaired) electrons. The zero-order chi connectivity index (χ0) is 27.5. The number of nitrogens with zero attached hydrogens (tertiary/aromatic N) is 2. The summed E-state index contributed by atoms with van der Waals surface area (Å²) in [7, 11) is 0. The fourth-order valence-corrected chi connectivity index (χ4v) is 4.20. The molecule has 3 aromatic rings. The lowest BCUT2D eigenvalue weighted by atomic mass is 9.78. The van der Waals surface area contributed by atoms with Crippen LogP contribution >= 0.6 is 0 Å². The van der Waals surface area contributed by atoms with E-state index in [0.717, 1.165) is 35.8 Å². The third kappa shape index (κ3) is 6.60. The van der Waals surface area contributed by atoms with Gasteiger partial charge in [-0.1, -0.05) is 38.1 Å². The topological polar surface area (TPSA) is 93.5 Å². The van der Waals surface area contributed by atoms with Crippen LogP contribution in [0.1, 0.15) is 64.3 Å². The second kappa shape index (κ2) is 10.7. The van der Waals surface area contributed by atoms with Crippen molar-refractivity contribution in [1.82, 2.24) is 10.3 Å². The SMILES string of the molecule is CC(C)(C)OC(=O)NC1CC(Oc2ccc(C(C)(C)c3ccc(Oc4cnc(C#N)c(F)c4)cc3)cc2)C1. The lowest BCUT2D eigenvalue weighted by molar-refractivity contribution is 0.0363. The zero-order valence-corrected chi connectivity index (χ0v) is 22.2. The number of carbonyl (C=O) groups excluding carboxylic acids is 1. The Balaban J connectivity index is 1.31. The molecular weight excluding hydrogens is 485 g/mol. The maximum absolute atomic E-state index is 13.8. The van der Waals surface area contributed by atoms with Crippen molar-refractivity contribution in [1.29, 1.82) is 5.26 Å². The molecule has 2 aromatic carbocycles. The van der Waals surface area contributed by atoms with Crippen LogP contribution in [0.15, 0.2) is 60.8 Å². The number of halogens is 1. The number of hydrogen-bond acceptors (Lipinski definition) is 6. The summed E-state index contributed by atoms with van der Waals surface area (Å²) in [6.45, 7) is 9.80. The van der Waals surface area contributed by atoms with Gasteiger partial charge in [-0.25, -0.2) is 14.2 Å². The minimum atomic E-state index is -0.718.